The lowest BCUT2D eigenvalue weighted by molar-refractivity contribution is 0.377. The van der Waals surface area contributed by atoms with Crippen molar-refractivity contribution in [2.75, 3.05) is 47.8 Å². The molecule has 1 aromatic heterocycles. The third-order valence-electron chi connectivity index (χ3n) is 6.03. The number of anilines is 3. The number of nitrogens with two attached hydrogens (primary N) is 1. The highest BCUT2D eigenvalue weighted by Gasteiger charge is 2.29. The molecule has 2 fully saturated rings. The van der Waals surface area contributed by atoms with Crippen molar-refractivity contribution in [1.82, 2.24) is 4.98 Å². The van der Waals surface area contributed by atoms with Gasteiger partial charge in [-0.15, -0.1) is 0 Å². The van der Waals surface area contributed by atoms with Crippen LogP contribution >= 0.6 is 0 Å². The SMILES string of the molecule is NC[C@H]1CCN(c2cccc(F)c2)C[C@H]1Nc1cc(N2CCCCC2)ccn1. The van der Waals surface area contributed by atoms with E-state index in [9.17, 15) is 4.39 Å². The number of aromatic nitrogens is 1. The molecular formula is C22H30FN5. The third-order valence-corrected chi connectivity index (χ3v) is 6.03. The first-order valence-corrected chi connectivity index (χ1v) is 10.4. The molecule has 28 heavy (non-hydrogen) atoms. The normalized spacial score (nSPS) is 22.9. The van der Waals surface area contributed by atoms with Crippen molar-refractivity contribution in [2.45, 2.75) is 31.7 Å². The lowest BCUT2D eigenvalue weighted by atomic mass is 9.91. The minimum Gasteiger partial charge on any atom is -0.371 e. The molecule has 2 saturated heterocycles. The summed E-state index contributed by atoms with van der Waals surface area (Å²) in [5.74, 6) is 1.08. The van der Waals surface area contributed by atoms with Crippen LogP contribution in [0.15, 0.2) is 42.6 Å². The zero-order valence-corrected chi connectivity index (χ0v) is 16.4. The molecule has 0 saturated carbocycles. The molecule has 0 amide bonds. The molecule has 0 spiro atoms. The number of hydrogen-bond acceptors (Lipinski definition) is 5. The molecule has 3 heterocycles. The average Bonchev–Trinajstić information content (AvgIpc) is 2.74. The quantitative estimate of drug-likeness (QED) is 0.828. The van der Waals surface area contributed by atoms with E-state index in [1.165, 1.54) is 31.0 Å². The summed E-state index contributed by atoms with van der Waals surface area (Å²) >= 11 is 0. The summed E-state index contributed by atoms with van der Waals surface area (Å²) in [6.07, 6.45) is 6.70. The summed E-state index contributed by atoms with van der Waals surface area (Å²) in [5.41, 5.74) is 8.22. The monoisotopic (exact) mass is 383 g/mol. The number of benzene rings is 1. The van der Waals surface area contributed by atoms with Crippen molar-refractivity contribution in [3.8, 4) is 0 Å². The maximum absolute atomic E-state index is 13.7. The third kappa shape index (κ3) is 4.38. The highest BCUT2D eigenvalue weighted by atomic mass is 19.1. The van der Waals surface area contributed by atoms with E-state index in [1.807, 2.05) is 12.3 Å². The Kier molecular flexibility index (Phi) is 5.95. The van der Waals surface area contributed by atoms with Crippen LogP contribution in [0, 0.1) is 11.7 Å². The van der Waals surface area contributed by atoms with Crippen molar-refractivity contribution in [3.63, 3.8) is 0 Å². The molecule has 2 aliphatic heterocycles. The van der Waals surface area contributed by atoms with Crippen molar-refractivity contribution < 1.29 is 4.39 Å². The molecule has 4 rings (SSSR count). The number of pyridine rings is 1. The van der Waals surface area contributed by atoms with Crippen LogP contribution in [0.1, 0.15) is 25.7 Å². The number of nitrogens with zero attached hydrogens (tertiary/aromatic N) is 3. The van der Waals surface area contributed by atoms with Crippen LogP contribution in [0.3, 0.4) is 0 Å². The Morgan fingerprint density at radius 1 is 1.04 bits per heavy atom. The lowest BCUT2D eigenvalue weighted by Gasteiger charge is -2.40. The van der Waals surface area contributed by atoms with Gasteiger partial charge in [0.15, 0.2) is 0 Å². The summed E-state index contributed by atoms with van der Waals surface area (Å²) < 4.78 is 13.7. The number of halogens is 1. The fourth-order valence-corrected chi connectivity index (χ4v) is 4.39. The smallest absolute Gasteiger partial charge is 0.128 e. The topological polar surface area (TPSA) is 57.4 Å². The first-order valence-electron chi connectivity index (χ1n) is 10.4. The zero-order chi connectivity index (χ0) is 19.3. The van der Waals surface area contributed by atoms with E-state index >= 15 is 0 Å². The molecule has 3 N–H and O–H groups in total. The van der Waals surface area contributed by atoms with E-state index in [0.717, 1.165) is 44.1 Å². The van der Waals surface area contributed by atoms with Crippen molar-refractivity contribution in [2.24, 2.45) is 11.7 Å². The van der Waals surface area contributed by atoms with Crippen LogP contribution in [0.25, 0.3) is 0 Å². The van der Waals surface area contributed by atoms with Gasteiger partial charge in [0.05, 0.1) is 0 Å². The van der Waals surface area contributed by atoms with Gasteiger partial charge in [-0.1, -0.05) is 6.07 Å². The van der Waals surface area contributed by atoms with Gasteiger partial charge in [-0.05, 0) is 62.4 Å². The number of rotatable bonds is 5. The van der Waals surface area contributed by atoms with Gasteiger partial charge in [0.2, 0.25) is 0 Å². The van der Waals surface area contributed by atoms with Gasteiger partial charge in [0.1, 0.15) is 11.6 Å². The number of nitrogens with one attached hydrogen (secondary N) is 1. The first kappa shape index (κ1) is 19.0. The summed E-state index contributed by atoms with van der Waals surface area (Å²) in [6.45, 7) is 4.56. The Hall–Kier alpha value is -2.34. The molecule has 0 radical (unpaired) electrons. The van der Waals surface area contributed by atoms with Gasteiger partial charge >= 0.3 is 0 Å². The van der Waals surface area contributed by atoms with Crippen LogP contribution in [0.4, 0.5) is 21.6 Å². The molecule has 0 unspecified atom stereocenters. The van der Waals surface area contributed by atoms with Gasteiger partial charge in [-0.2, -0.15) is 0 Å². The molecule has 150 valence electrons. The molecule has 2 aromatic rings. The van der Waals surface area contributed by atoms with Crippen molar-refractivity contribution in [3.05, 3.63) is 48.4 Å². The Balaban J connectivity index is 1.48. The van der Waals surface area contributed by atoms with E-state index in [4.69, 9.17) is 5.73 Å². The summed E-state index contributed by atoms with van der Waals surface area (Å²) in [5, 5.41) is 3.62. The summed E-state index contributed by atoms with van der Waals surface area (Å²) in [6, 6.07) is 11.3. The molecule has 2 atom stereocenters. The highest BCUT2D eigenvalue weighted by Crippen LogP contribution is 2.27. The molecule has 0 aliphatic carbocycles. The van der Waals surface area contributed by atoms with Crippen molar-refractivity contribution in [1.29, 1.82) is 0 Å². The van der Waals surface area contributed by atoms with Gasteiger partial charge in [0, 0.05) is 55.9 Å². The molecule has 5 nitrogen and oxygen atoms in total. The fraction of sp³-hybridized carbons (Fsp3) is 0.500. The van der Waals surface area contributed by atoms with Crippen molar-refractivity contribution >= 4 is 17.2 Å². The second-order valence-corrected chi connectivity index (χ2v) is 7.91. The Labute approximate surface area is 166 Å². The Morgan fingerprint density at radius 3 is 2.64 bits per heavy atom. The van der Waals surface area contributed by atoms with E-state index in [0.29, 0.717) is 12.5 Å². The van der Waals surface area contributed by atoms with Crippen LogP contribution in [0.5, 0.6) is 0 Å². The maximum atomic E-state index is 13.7. The lowest BCUT2D eigenvalue weighted by Crippen LogP contribution is -2.50. The summed E-state index contributed by atoms with van der Waals surface area (Å²) in [4.78, 5) is 9.23. The van der Waals surface area contributed by atoms with E-state index in [1.54, 1.807) is 12.1 Å². The Bertz CT molecular complexity index is 777. The van der Waals surface area contributed by atoms with Gasteiger partial charge in [-0.25, -0.2) is 9.37 Å². The van der Waals surface area contributed by atoms with Gasteiger partial charge in [-0.3, -0.25) is 0 Å². The van der Waals surface area contributed by atoms with Crippen LogP contribution in [0.2, 0.25) is 0 Å². The number of piperidine rings is 2. The minimum absolute atomic E-state index is 0.186. The molecule has 6 heteroatoms. The van der Waals surface area contributed by atoms with E-state index < -0.39 is 0 Å². The molecule has 2 aliphatic rings. The zero-order valence-electron chi connectivity index (χ0n) is 16.4. The van der Waals surface area contributed by atoms with E-state index in [-0.39, 0.29) is 11.9 Å². The second kappa shape index (κ2) is 8.78. The molecular weight excluding hydrogens is 353 g/mol. The standard InChI is InChI=1S/C22H30FN5/c23-18-5-4-6-19(13-18)28-12-8-17(15-24)21(16-28)26-22-14-20(7-9-25-22)27-10-2-1-3-11-27/h4-7,9,13-14,17,21H,1-3,8,10-12,15-16,24H2,(H,25,26)/t17-,21-/m1/s1. The first-order chi connectivity index (χ1) is 13.7. The predicted molar refractivity (Wildman–Crippen MR) is 113 cm³/mol. The van der Waals surface area contributed by atoms with E-state index in [2.05, 4.69) is 32.2 Å². The fourth-order valence-electron chi connectivity index (χ4n) is 4.39. The Morgan fingerprint density at radius 2 is 1.86 bits per heavy atom. The van der Waals surface area contributed by atoms with Gasteiger partial charge < -0.3 is 20.9 Å². The van der Waals surface area contributed by atoms with Crippen LogP contribution in [-0.4, -0.2) is 43.7 Å². The summed E-state index contributed by atoms with van der Waals surface area (Å²) in [7, 11) is 0. The molecule has 1 aromatic carbocycles. The largest absolute Gasteiger partial charge is 0.371 e. The molecule has 0 bridgehead atoms. The highest BCUT2D eigenvalue weighted by molar-refractivity contribution is 5.55. The minimum atomic E-state index is -0.196. The van der Waals surface area contributed by atoms with Gasteiger partial charge in [0.25, 0.3) is 0 Å². The predicted octanol–water partition coefficient (Wildman–Crippen LogP) is 3.48. The average molecular weight is 384 g/mol. The van der Waals surface area contributed by atoms with Crippen LogP contribution < -0.4 is 20.9 Å². The number of hydrogen-bond donors (Lipinski definition) is 2. The van der Waals surface area contributed by atoms with Crippen LogP contribution in [-0.2, 0) is 0 Å². The maximum Gasteiger partial charge on any atom is 0.128 e. The second-order valence-electron chi connectivity index (χ2n) is 7.91.